The van der Waals surface area contributed by atoms with Crippen molar-refractivity contribution in [1.29, 1.82) is 0 Å². The summed E-state index contributed by atoms with van der Waals surface area (Å²) in [5.74, 6) is 0.987. The summed E-state index contributed by atoms with van der Waals surface area (Å²) in [4.78, 5) is 20.3. The highest BCUT2D eigenvalue weighted by Gasteiger charge is 2.34. The summed E-state index contributed by atoms with van der Waals surface area (Å²) in [5, 5.41) is 7.59. The maximum absolute atomic E-state index is 14.5. The summed E-state index contributed by atoms with van der Waals surface area (Å²) in [5.41, 5.74) is 0.0447. The fourth-order valence-electron chi connectivity index (χ4n) is 3.30. The lowest BCUT2D eigenvalue weighted by atomic mass is 9.81. The maximum Gasteiger partial charge on any atom is 0.252 e. The molecule has 0 spiro atoms. The van der Waals surface area contributed by atoms with Crippen LogP contribution in [0.4, 0.5) is 10.2 Å². The monoisotopic (exact) mass is 357 g/mol. The summed E-state index contributed by atoms with van der Waals surface area (Å²) in [6, 6.07) is 3.68. The highest BCUT2D eigenvalue weighted by atomic mass is 19.1. The van der Waals surface area contributed by atoms with E-state index < -0.39 is 5.67 Å². The molecule has 1 saturated carbocycles. The van der Waals surface area contributed by atoms with Crippen molar-refractivity contribution in [2.75, 3.05) is 5.32 Å². The zero-order chi connectivity index (χ0) is 18.7. The molecular formula is C19H24FN5O. The number of aryl methyl sites for hydroxylation is 1. The number of Topliss-reactive ketones (excluding diaryl/α,β-unsaturated/α-hetero) is 1. The second-order valence-corrected chi connectivity index (χ2v) is 6.96. The van der Waals surface area contributed by atoms with Crippen LogP contribution >= 0.6 is 0 Å². The second-order valence-electron chi connectivity index (χ2n) is 6.96. The molecule has 1 aliphatic carbocycles. The molecule has 0 aromatic carbocycles. The Labute approximate surface area is 152 Å². The molecule has 0 saturated heterocycles. The number of aromatic nitrogens is 4. The van der Waals surface area contributed by atoms with Gasteiger partial charge in [0.2, 0.25) is 0 Å². The molecule has 2 aromatic heterocycles. The van der Waals surface area contributed by atoms with Gasteiger partial charge in [-0.3, -0.25) is 4.79 Å². The molecule has 0 unspecified atom stereocenters. The van der Waals surface area contributed by atoms with E-state index in [0.29, 0.717) is 36.7 Å². The third kappa shape index (κ3) is 4.15. The Morgan fingerprint density at radius 2 is 2.19 bits per heavy atom. The van der Waals surface area contributed by atoms with E-state index in [0.717, 1.165) is 18.5 Å². The van der Waals surface area contributed by atoms with Crippen molar-refractivity contribution in [2.24, 2.45) is 0 Å². The van der Waals surface area contributed by atoms with Crippen molar-refractivity contribution < 1.29 is 9.18 Å². The molecule has 0 radical (unpaired) electrons. The predicted octanol–water partition coefficient (Wildman–Crippen LogP) is 3.81. The van der Waals surface area contributed by atoms with Crippen molar-refractivity contribution in [2.45, 2.75) is 57.7 Å². The third-order valence-electron chi connectivity index (χ3n) is 4.74. The van der Waals surface area contributed by atoms with Crippen LogP contribution in [-0.2, 0) is 0 Å². The first kappa shape index (κ1) is 18.2. The number of hydrogen-bond acceptors (Lipinski definition) is 5. The van der Waals surface area contributed by atoms with E-state index >= 15 is 0 Å². The minimum absolute atomic E-state index is 0.105. The fourth-order valence-corrected chi connectivity index (χ4v) is 3.30. The van der Waals surface area contributed by atoms with Crippen molar-refractivity contribution in [1.82, 2.24) is 19.7 Å². The molecule has 2 aromatic rings. The summed E-state index contributed by atoms with van der Waals surface area (Å²) >= 11 is 0. The highest BCUT2D eigenvalue weighted by molar-refractivity contribution is 5.91. The van der Waals surface area contributed by atoms with Crippen LogP contribution in [0.25, 0.3) is 5.95 Å². The van der Waals surface area contributed by atoms with Crippen LogP contribution in [0, 0.1) is 6.92 Å². The van der Waals surface area contributed by atoms with E-state index in [1.54, 1.807) is 18.3 Å². The van der Waals surface area contributed by atoms with E-state index in [1.807, 2.05) is 13.0 Å². The average Bonchev–Trinajstić information content (AvgIpc) is 3.07. The number of carbonyl (C=O) groups is 1. The standard InChI is InChI=1S/C19H24FN5O/c1-4-8-19(20)9-5-15(6-10-19)22-17-12-13(2)21-18(23-17)25-11-7-16(24-25)14(3)26/h4,7,11-12,15H,1,5-6,8-10H2,2-3H3,(H,21,22,23). The zero-order valence-electron chi connectivity index (χ0n) is 15.2. The van der Waals surface area contributed by atoms with Crippen LogP contribution in [0.15, 0.2) is 31.0 Å². The number of anilines is 1. The Hall–Kier alpha value is -2.57. The van der Waals surface area contributed by atoms with Gasteiger partial charge in [-0.2, -0.15) is 10.1 Å². The van der Waals surface area contributed by atoms with E-state index in [2.05, 4.69) is 27.0 Å². The van der Waals surface area contributed by atoms with Crippen molar-refractivity contribution >= 4 is 11.6 Å². The lowest BCUT2D eigenvalue weighted by Crippen LogP contribution is -2.35. The van der Waals surface area contributed by atoms with Crippen molar-refractivity contribution in [3.8, 4) is 5.95 Å². The van der Waals surface area contributed by atoms with E-state index in [4.69, 9.17) is 0 Å². The predicted molar refractivity (Wildman–Crippen MR) is 98.4 cm³/mol. The Balaban J connectivity index is 1.72. The van der Waals surface area contributed by atoms with Crippen molar-refractivity contribution in [3.05, 3.63) is 42.4 Å². The normalized spacial score (nSPS) is 22.8. The molecule has 138 valence electrons. The Morgan fingerprint density at radius 1 is 1.46 bits per heavy atom. The zero-order valence-corrected chi connectivity index (χ0v) is 15.2. The maximum atomic E-state index is 14.5. The van der Waals surface area contributed by atoms with Crippen LogP contribution in [0.1, 0.15) is 55.2 Å². The van der Waals surface area contributed by atoms with E-state index in [1.165, 1.54) is 11.6 Å². The Morgan fingerprint density at radius 3 is 2.81 bits per heavy atom. The third-order valence-corrected chi connectivity index (χ3v) is 4.74. The van der Waals surface area contributed by atoms with Crippen LogP contribution in [-0.4, -0.2) is 37.2 Å². The van der Waals surface area contributed by atoms with E-state index in [-0.39, 0.29) is 11.8 Å². The number of halogens is 1. The molecule has 1 aliphatic rings. The number of ketones is 1. The fraction of sp³-hybridized carbons (Fsp3) is 0.474. The van der Waals surface area contributed by atoms with E-state index in [9.17, 15) is 9.18 Å². The number of nitrogens with zero attached hydrogens (tertiary/aromatic N) is 4. The van der Waals surface area contributed by atoms with Crippen molar-refractivity contribution in [3.63, 3.8) is 0 Å². The first-order valence-corrected chi connectivity index (χ1v) is 8.87. The van der Waals surface area contributed by atoms with Gasteiger partial charge in [0.05, 0.1) is 0 Å². The van der Waals surface area contributed by atoms with Gasteiger partial charge in [-0.15, -0.1) is 6.58 Å². The topological polar surface area (TPSA) is 72.7 Å². The molecule has 3 rings (SSSR count). The first-order valence-electron chi connectivity index (χ1n) is 8.87. The molecule has 0 amide bonds. The molecule has 0 bridgehead atoms. The number of hydrogen-bond donors (Lipinski definition) is 1. The number of allylic oxidation sites excluding steroid dienone is 1. The van der Waals surface area contributed by atoms with Crippen LogP contribution < -0.4 is 5.32 Å². The molecule has 26 heavy (non-hydrogen) atoms. The Bertz CT molecular complexity index is 808. The van der Waals surface area contributed by atoms with Gasteiger partial charge in [-0.05, 0) is 45.1 Å². The SMILES string of the molecule is C=CCC1(F)CCC(Nc2cc(C)nc(-n3ccc(C(C)=O)n3)n2)CC1. The van der Waals surface area contributed by atoms with Gasteiger partial charge in [0, 0.05) is 30.9 Å². The van der Waals surface area contributed by atoms with Crippen LogP contribution in [0.5, 0.6) is 0 Å². The van der Waals surface area contributed by atoms with Crippen LogP contribution in [0.3, 0.4) is 0 Å². The van der Waals surface area contributed by atoms with Gasteiger partial charge in [-0.1, -0.05) is 6.08 Å². The average molecular weight is 357 g/mol. The highest BCUT2D eigenvalue weighted by Crippen LogP contribution is 2.36. The number of nitrogens with one attached hydrogen (secondary N) is 1. The molecule has 7 heteroatoms. The van der Waals surface area contributed by atoms with Gasteiger partial charge in [0.1, 0.15) is 17.2 Å². The molecule has 0 atom stereocenters. The quantitative estimate of drug-likeness (QED) is 0.629. The van der Waals surface area contributed by atoms with Gasteiger partial charge in [0.25, 0.3) is 5.95 Å². The number of carbonyl (C=O) groups excluding carboxylic acids is 1. The van der Waals surface area contributed by atoms with Gasteiger partial charge >= 0.3 is 0 Å². The first-order chi connectivity index (χ1) is 12.4. The van der Waals surface area contributed by atoms with Gasteiger partial charge < -0.3 is 5.32 Å². The lowest BCUT2D eigenvalue weighted by Gasteiger charge is -2.33. The second kappa shape index (κ2) is 7.35. The smallest absolute Gasteiger partial charge is 0.252 e. The molecule has 1 fully saturated rings. The van der Waals surface area contributed by atoms with Gasteiger partial charge in [0.15, 0.2) is 5.78 Å². The minimum atomic E-state index is -1.12. The summed E-state index contributed by atoms with van der Waals surface area (Å²) in [6.07, 6.45) is 6.28. The minimum Gasteiger partial charge on any atom is -0.367 e. The summed E-state index contributed by atoms with van der Waals surface area (Å²) < 4.78 is 16.0. The summed E-state index contributed by atoms with van der Waals surface area (Å²) in [7, 11) is 0. The summed E-state index contributed by atoms with van der Waals surface area (Å²) in [6.45, 7) is 6.99. The van der Waals surface area contributed by atoms with Gasteiger partial charge in [-0.25, -0.2) is 14.1 Å². The lowest BCUT2D eigenvalue weighted by molar-refractivity contribution is 0.101. The largest absolute Gasteiger partial charge is 0.367 e. The molecule has 1 N–H and O–H groups in total. The molecular weight excluding hydrogens is 333 g/mol. The molecule has 2 heterocycles. The number of alkyl halides is 1. The number of rotatable bonds is 6. The Kier molecular flexibility index (Phi) is 5.15. The van der Waals surface area contributed by atoms with Crippen LogP contribution in [0.2, 0.25) is 0 Å². The molecule has 6 nitrogen and oxygen atoms in total. The molecule has 0 aliphatic heterocycles.